The van der Waals surface area contributed by atoms with Crippen LogP contribution in [0.4, 0.5) is 0 Å². The van der Waals surface area contributed by atoms with Crippen LogP contribution < -0.4 is 5.32 Å². The Morgan fingerprint density at radius 1 is 1.19 bits per heavy atom. The first kappa shape index (κ1) is 21.8. The number of hydrogen-bond acceptors (Lipinski definition) is 5. The Morgan fingerprint density at radius 3 is 2.72 bits per heavy atom. The molecule has 32 heavy (non-hydrogen) atoms. The highest BCUT2D eigenvalue weighted by atomic mass is 16.5. The van der Waals surface area contributed by atoms with Gasteiger partial charge in [0.25, 0.3) is 5.91 Å². The van der Waals surface area contributed by atoms with Gasteiger partial charge in [-0.15, -0.1) is 0 Å². The van der Waals surface area contributed by atoms with E-state index in [4.69, 9.17) is 9.47 Å². The molecule has 7 heteroatoms. The molecular formula is C25H27N3O4. The molecule has 1 atom stereocenters. The van der Waals surface area contributed by atoms with Crippen LogP contribution in [0.3, 0.4) is 0 Å². The lowest BCUT2D eigenvalue weighted by Crippen LogP contribution is -2.34. The number of nitrogens with one attached hydrogen (secondary N) is 1. The quantitative estimate of drug-likeness (QED) is 0.576. The second-order valence-corrected chi connectivity index (χ2v) is 8.01. The molecule has 1 amide bonds. The molecule has 0 saturated carbocycles. The molecule has 1 fully saturated rings. The number of hydrogen-bond donors (Lipinski definition) is 1. The predicted octanol–water partition coefficient (Wildman–Crippen LogP) is 3.61. The number of esters is 1. The first-order valence-corrected chi connectivity index (χ1v) is 10.8. The number of nitrogens with zero attached hydrogens (tertiary/aromatic N) is 2. The molecular weight excluding hydrogens is 406 g/mol. The van der Waals surface area contributed by atoms with Crippen molar-refractivity contribution in [1.29, 1.82) is 0 Å². The van der Waals surface area contributed by atoms with Gasteiger partial charge in [0.15, 0.2) is 6.61 Å². The van der Waals surface area contributed by atoms with E-state index in [0.717, 1.165) is 41.8 Å². The van der Waals surface area contributed by atoms with Crippen molar-refractivity contribution in [1.82, 2.24) is 15.1 Å². The zero-order valence-corrected chi connectivity index (χ0v) is 18.3. The summed E-state index contributed by atoms with van der Waals surface area (Å²) >= 11 is 0. The highest BCUT2D eigenvalue weighted by Crippen LogP contribution is 2.28. The van der Waals surface area contributed by atoms with Crippen LogP contribution in [0.25, 0.3) is 16.9 Å². The van der Waals surface area contributed by atoms with Crippen LogP contribution in [0.1, 0.15) is 34.3 Å². The van der Waals surface area contributed by atoms with Gasteiger partial charge < -0.3 is 14.8 Å². The van der Waals surface area contributed by atoms with E-state index in [0.29, 0.717) is 17.8 Å². The van der Waals surface area contributed by atoms with Gasteiger partial charge >= 0.3 is 5.97 Å². The molecule has 0 aliphatic carbocycles. The number of para-hydroxylation sites is 1. The lowest BCUT2D eigenvalue weighted by Gasteiger charge is -2.11. The van der Waals surface area contributed by atoms with Crippen molar-refractivity contribution in [3.8, 4) is 16.9 Å². The standard InChI is InChI=1S/C25H27N3O4/c1-17-10-11-21(18(2)13-17)24-22(15-28(27-24)19-7-4-3-5-8-19)25(30)32-16-23(29)26-14-20-9-6-12-31-20/h3-5,7-8,10-11,13,15,20H,6,9,12,14,16H2,1-2H3,(H,26,29). The molecule has 2 aromatic carbocycles. The third kappa shape index (κ3) is 5.06. The Hall–Kier alpha value is -3.45. The number of amides is 1. The molecule has 0 radical (unpaired) electrons. The summed E-state index contributed by atoms with van der Waals surface area (Å²) in [6.07, 6.45) is 3.62. The lowest BCUT2D eigenvalue weighted by atomic mass is 10.0. The molecule has 1 N–H and O–H groups in total. The molecule has 3 aromatic rings. The van der Waals surface area contributed by atoms with Crippen LogP contribution in [-0.2, 0) is 14.3 Å². The van der Waals surface area contributed by atoms with Crippen LogP contribution >= 0.6 is 0 Å². The van der Waals surface area contributed by atoms with Crippen molar-refractivity contribution in [3.63, 3.8) is 0 Å². The molecule has 7 nitrogen and oxygen atoms in total. The van der Waals surface area contributed by atoms with Gasteiger partial charge in [0.2, 0.25) is 0 Å². The summed E-state index contributed by atoms with van der Waals surface area (Å²) in [6.45, 7) is 4.80. The Labute approximate surface area is 187 Å². The Kier molecular flexibility index (Phi) is 6.66. The van der Waals surface area contributed by atoms with Crippen molar-refractivity contribution in [2.45, 2.75) is 32.8 Å². The number of carbonyl (C=O) groups excluding carboxylic acids is 2. The molecule has 1 aromatic heterocycles. The summed E-state index contributed by atoms with van der Waals surface area (Å²) in [6, 6.07) is 15.5. The number of carbonyl (C=O) groups is 2. The average molecular weight is 434 g/mol. The van der Waals surface area contributed by atoms with E-state index in [2.05, 4.69) is 10.4 Å². The van der Waals surface area contributed by atoms with Crippen LogP contribution in [0.2, 0.25) is 0 Å². The van der Waals surface area contributed by atoms with Crippen molar-refractivity contribution in [3.05, 3.63) is 71.4 Å². The van der Waals surface area contributed by atoms with Crippen molar-refractivity contribution in [2.75, 3.05) is 19.8 Å². The Balaban J connectivity index is 1.53. The number of benzene rings is 2. The van der Waals surface area contributed by atoms with Gasteiger partial charge in [0.05, 0.1) is 11.8 Å². The first-order valence-electron chi connectivity index (χ1n) is 10.8. The third-order valence-corrected chi connectivity index (χ3v) is 5.48. The van der Waals surface area contributed by atoms with E-state index < -0.39 is 5.97 Å². The Bertz CT molecular complexity index is 1100. The predicted molar refractivity (Wildman–Crippen MR) is 121 cm³/mol. The van der Waals surface area contributed by atoms with Gasteiger partial charge in [-0.1, -0.05) is 42.0 Å². The summed E-state index contributed by atoms with van der Waals surface area (Å²) < 4.78 is 12.5. The van der Waals surface area contributed by atoms with Crippen LogP contribution in [0, 0.1) is 13.8 Å². The Morgan fingerprint density at radius 2 is 2.00 bits per heavy atom. The monoisotopic (exact) mass is 433 g/mol. The fourth-order valence-corrected chi connectivity index (χ4v) is 3.81. The number of aromatic nitrogens is 2. The maximum absolute atomic E-state index is 12.9. The van der Waals surface area contributed by atoms with E-state index in [1.54, 1.807) is 10.9 Å². The molecule has 1 saturated heterocycles. The zero-order valence-electron chi connectivity index (χ0n) is 18.3. The van der Waals surface area contributed by atoms with E-state index in [9.17, 15) is 9.59 Å². The molecule has 166 valence electrons. The molecule has 1 unspecified atom stereocenters. The maximum Gasteiger partial charge on any atom is 0.342 e. The van der Waals surface area contributed by atoms with Gasteiger partial charge in [-0.25, -0.2) is 9.48 Å². The van der Waals surface area contributed by atoms with E-state index in [1.165, 1.54) is 0 Å². The summed E-state index contributed by atoms with van der Waals surface area (Å²) in [7, 11) is 0. The summed E-state index contributed by atoms with van der Waals surface area (Å²) in [5.41, 5.74) is 4.64. The van der Waals surface area contributed by atoms with E-state index >= 15 is 0 Å². The largest absolute Gasteiger partial charge is 0.452 e. The zero-order chi connectivity index (χ0) is 22.5. The van der Waals surface area contributed by atoms with Crippen molar-refractivity contribution >= 4 is 11.9 Å². The normalized spacial score (nSPS) is 15.5. The SMILES string of the molecule is Cc1ccc(-c2nn(-c3ccccc3)cc2C(=O)OCC(=O)NCC2CCCO2)c(C)c1. The minimum absolute atomic E-state index is 0.0369. The minimum Gasteiger partial charge on any atom is -0.452 e. The van der Waals surface area contributed by atoms with Crippen LogP contribution in [-0.4, -0.2) is 47.5 Å². The second-order valence-electron chi connectivity index (χ2n) is 8.01. The number of rotatable bonds is 7. The number of aryl methyl sites for hydroxylation is 2. The van der Waals surface area contributed by atoms with E-state index in [-0.39, 0.29) is 18.6 Å². The van der Waals surface area contributed by atoms with Gasteiger partial charge in [0, 0.05) is 24.9 Å². The van der Waals surface area contributed by atoms with Crippen LogP contribution in [0.15, 0.2) is 54.7 Å². The third-order valence-electron chi connectivity index (χ3n) is 5.48. The number of ether oxygens (including phenoxy) is 2. The average Bonchev–Trinajstić information content (AvgIpc) is 3.47. The smallest absolute Gasteiger partial charge is 0.342 e. The van der Waals surface area contributed by atoms with Gasteiger partial charge in [0.1, 0.15) is 11.3 Å². The second kappa shape index (κ2) is 9.78. The molecule has 1 aliphatic rings. The van der Waals surface area contributed by atoms with E-state index in [1.807, 2.05) is 62.4 Å². The molecule has 0 bridgehead atoms. The highest BCUT2D eigenvalue weighted by molar-refractivity contribution is 5.97. The molecule has 0 spiro atoms. The van der Waals surface area contributed by atoms with Gasteiger partial charge in [-0.2, -0.15) is 5.10 Å². The first-order chi connectivity index (χ1) is 15.5. The van der Waals surface area contributed by atoms with Crippen molar-refractivity contribution in [2.24, 2.45) is 0 Å². The fourth-order valence-electron chi connectivity index (χ4n) is 3.81. The van der Waals surface area contributed by atoms with Crippen LogP contribution in [0.5, 0.6) is 0 Å². The van der Waals surface area contributed by atoms with Gasteiger partial charge in [-0.3, -0.25) is 4.79 Å². The summed E-state index contributed by atoms with van der Waals surface area (Å²) in [4.78, 5) is 25.1. The van der Waals surface area contributed by atoms with Gasteiger partial charge in [-0.05, 0) is 44.4 Å². The summed E-state index contributed by atoms with van der Waals surface area (Å²) in [5, 5.41) is 7.44. The lowest BCUT2D eigenvalue weighted by molar-refractivity contribution is -0.124. The summed E-state index contributed by atoms with van der Waals surface area (Å²) in [5.74, 6) is -0.938. The molecule has 4 rings (SSSR count). The topological polar surface area (TPSA) is 82.5 Å². The molecule has 2 heterocycles. The highest BCUT2D eigenvalue weighted by Gasteiger charge is 2.22. The minimum atomic E-state index is -0.588. The maximum atomic E-state index is 12.9. The molecule has 1 aliphatic heterocycles. The fraction of sp³-hybridized carbons (Fsp3) is 0.320. The van der Waals surface area contributed by atoms with Crippen molar-refractivity contribution < 1.29 is 19.1 Å².